The molecule has 3 rings (SSSR count). The molecule has 0 bridgehead atoms. The molecule has 2 aliphatic heterocycles. The summed E-state index contributed by atoms with van der Waals surface area (Å²) < 4.78 is 5.50. The molecule has 0 N–H and O–H groups in total. The first-order chi connectivity index (χ1) is 10.3. The maximum absolute atomic E-state index is 5.50. The SMILES string of the molecule is CCN(C)c1ncnc2c1CCN(C[C@H]1CCOC1)CC2. The Kier molecular flexibility index (Phi) is 4.70. The van der Waals surface area contributed by atoms with Crippen LogP contribution in [0.25, 0.3) is 0 Å². The molecule has 21 heavy (non-hydrogen) atoms. The molecule has 1 saturated heterocycles. The number of hydrogen-bond acceptors (Lipinski definition) is 5. The predicted octanol–water partition coefficient (Wildman–Crippen LogP) is 1.37. The van der Waals surface area contributed by atoms with Crippen molar-refractivity contribution in [3.63, 3.8) is 0 Å². The second kappa shape index (κ2) is 6.71. The molecule has 0 radical (unpaired) electrons. The Bertz CT molecular complexity index is 473. The van der Waals surface area contributed by atoms with Crippen LogP contribution in [0.4, 0.5) is 5.82 Å². The van der Waals surface area contributed by atoms with Crippen LogP contribution in [-0.4, -0.2) is 61.3 Å². The van der Waals surface area contributed by atoms with Crippen molar-refractivity contribution in [2.24, 2.45) is 5.92 Å². The fraction of sp³-hybridized carbons (Fsp3) is 0.750. The van der Waals surface area contributed by atoms with Crippen LogP contribution in [0.2, 0.25) is 0 Å². The Hall–Kier alpha value is -1.20. The van der Waals surface area contributed by atoms with Crippen molar-refractivity contribution in [3.8, 4) is 0 Å². The summed E-state index contributed by atoms with van der Waals surface area (Å²) in [4.78, 5) is 13.8. The average molecular weight is 290 g/mol. The van der Waals surface area contributed by atoms with E-state index < -0.39 is 0 Å². The lowest BCUT2D eigenvalue weighted by Crippen LogP contribution is -2.32. The number of rotatable bonds is 4. The van der Waals surface area contributed by atoms with E-state index in [1.165, 1.54) is 24.2 Å². The normalized spacial score (nSPS) is 22.9. The second-order valence-corrected chi connectivity index (χ2v) is 6.17. The van der Waals surface area contributed by atoms with Gasteiger partial charge in [0.2, 0.25) is 0 Å². The molecule has 1 fully saturated rings. The smallest absolute Gasteiger partial charge is 0.135 e. The molecule has 1 aromatic heterocycles. The standard InChI is InChI=1S/C16H26N4O/c1-3-19(2)16-14-4-7-20(10-13-6-9-21-11-13)8-5-15(14)17-12-18-16/h12-13H,3-11H2,1-2H3/t13-/m1/s1. The lowest BCUT2D eigenvalue weighted by molar-refractivity contribution is 0.168. The van der Waals surface area contributed by atoms with Crippen LogP contribution in [0, 0.1) is 5.92 Å². The van der Waals surface area contributed by atoms with Gasteiger partial charge in [-0.1, -0.05) is 0 Å². The van der Waals surface area contributed by atoms with Crippen molar-refractivity contribution in [1.29, 1.82) is 0 Å². The summed E-state index contributed by atoms with van der Waals surface area (Å²) in [5.41, 5.74) is 2.59. The first-order valence-electron chi connectivity index (χ1n) is 8.12. The number of anilines is 1. The third-order valence-corrected chi connectivity index (χ3v) is 4.73. The summed E-state index contributed by atoms with van der Waals surface area (Å²) in [6.07, 6.45) is 5.04. The summed E-state index contributed by atoms with van der Waals surface area (Å²) in [6, 6.07) is 0. The minimum absolute atomic E-state index is 0.718. The molecule has 2 aliphatic rings. The van der Waals surface area contributed by atoms with Gasteiger partial charge in [-0.3, -0.25) is 0 Å². The third kappa shape index (κ3) is 3.35. The van der Waals surface area contributed by atoms with Crippen molar-refractivity contribution in [2.45, 2.75) is 26.2 Å². The number of nitrogens with zero attached hydrogens (tertiary/aromatic N) is 4. The highest BCUT2D eigenvalue weighted by atomic mass is 16.5. The second-order valence-electron chi connectivity index (χ2n) is 6.17. The van der Waals surface area contributed by atoms with E-state index in [4.69, 9.17) is 4.74 Å². The number of fused-ring (bicyclic) bond motifs is 1. The Morgan fingerprint density at radius 1 is 1.33 bits per heavy atom. The zero-order valence-electron chi connectivity index (χ0n) is 13.2. The van der Waals surface area contributed by atoms with Gasteiger partial charge < -0.3 is 14.5 Å². The highest BCUT2D eigenvalue weighted by Crippen LogP contribution is 2.23. The van der Waals surface area contributed by atoms with E-state index in [0.29, 0.717) is 0 Å². The molecule has 0 spiro atoms. The Morgan fingerprint density at radius 3 is 2.95 bits per heavy atom. The van der Waals surface area contributed by atoms with E-state index in [-0.39, 0.29) is 0 Å². The molecule has 0 aliphatic carbocycles. The largest absolute Gasteiger partial charge is 0.381 e. The number of ether oxygens (including phenoxy) is 1. The van der Waals surface area contributed by atoms with Gasteiger partial charge in [0.25, 0.3) is 0 Å². The molecule has 5 nitrogen and oxygen atoms in total. The molecule has 5 heteroatoms. The summed E-state index contributed by atoms with van der Waals surface area (Å²) in [6.45, 7) is 8.41. The van der Waals surface area contributed by atoms with Crippen LogP contribution in [0.1, 0.15) is 24.6 Å². The van der Waals surface area contributed by atoms with Crippen molar-refractivity contribution < 1.29 is 4.74 Å². The molecule has 1 aromatic rings. The maximum Gasteiger partial charge on any atom is 0.135 e. The van der Waals surface area contributed by atoms with E-state index in [1.54, 1.807) is 6.33 Å². The topological polar surface area (TPSA) is 41.5 Å². The van der Waals surface area contributed by atoms with Crippen LogP contribution in [0.3, 0.4) is 0 Å². The molecule has 1 atom stereocenters. The highest BCUT2D eigenvalue weighted by molar-refractivity contribution is 5.48. The van der Waals surface area contributed by atoms with Crippen molar-refractivity contribution in [1.82, 2.24) is 14.9 Å². The molecule has 0 amide bonds. The quantitative estimate of drug-likeness (QED) is 0.838. The molecule has 0 aromatic carbocycles. The first kappa shape index (κ1) is 14.7. The summed E-state index contributed by atoms with van der Waals surface area (Å²) in [5, 5.41) is 0. The minimum atomic E-state index is 0.718. The van der Waals surface area contributed by atoms with E-state index in [2.05, 4.69) is 33.7 Å². The van der Waals surface area contributed by atoms with Crippen molar-refractivity contribution in [3.05, 3.63) is 17.6 Å². The van der Waals surface area contributed by atoms with Crippen LogP contribution >= 0.6 is 0 Å². The molecular formula is C16H26N4O. The van der Waals surface area contributed by atoms with Gasteiger partial charge in [0, 0.05) is 51.8 Å². The lowest BCUT2D eigenvalue weighted by atomic mass is 10.1. The first-order valence-corrected chi connectivity index (χ1v) is 8.12. The van der Waals surface area contributed by atoms with Crippen LogP contribution in [-0.2, 0) is 17.6 Å². The van der Waals surface area contributed by atoms with Gasteiger partial charge in [-0.25, -0.2) is 9.97 Å². The minimum Gasteiger partial charge on any atom is -0.381 e. The van der Waals surface area contributed by atoms with Gasteiger partial charge >= 0.3 is 0 Å². The fourth-order valence-corrected chi connectivity index (χ4v) is 3.31. The predicted molar refractivity (Wildman–Crippen MR) is 83.8 cm³/mol. The van der Waals surface area contributed by atoms with Gasteiger partial charge in [-0.2, -0.15) is 0 Å². The monoisotopic (exact) mass is 290 g/mol. The van der Waals surface area contributed by atoms with Crippen LogP contribution < -0.4 is 4.90 Å². The van der Waals surface area contributed by atoms with E-state index in [9.17, 15) is 0 Å². The zero-order valence-corrected chi connectivity index (χ0v) is 13.2. The molecule has 116 valence electrons. The molecule has 3 heterocycles. The van der Waals surface area contributed by atoms with Crippen LogP contribution in [0.15, 0.2) is 6.33 Å². The number of aromatic nitrogens is 2. The summed E-state index contributed by atoms with van der Waals surface area (Å²) in [5.74, 6) is 1.84. The zero-order chi connectivity index (χ0) is 14.7. The van der Waals surface area contributed by atoms with E-state index >= 15 is 0 Å². The Labute approximate surface area is 127 Å². The Morgan fingerprint density at radius 2 is 2.19 bits per heavy atom. The molecule has 0 unspecified atom stereocenters. The van der Waals surface area contributed by atoms with E-state index in [1.807, 2.05) is 0 Å². The van der Waals surface area contributed by atoms with Gasteiger partial charge in [0.15, 0.2) is 0 Å². The summed E-state index contributed by atoms with van der Waals surface area (Å²) >= 11 is 0. The third-order valence-electron chi connectivity index (χ3n) is 4.73. The molecular weight excluding hydrogens is 264 g/mol. The Balaban J connectivity index is 1.70. The van der Waals surface area contributed by atoms with E-state index in [0.717, 1.165) is 57.4 Å². The van der Waals surface area contributed by atoms with Crippen molar-refractivity contribution >= 4 is 5.82 Å². The highest BCUT2D eigenvalue weighted by Gasteiger charge is 2.23. The van der Waals surface area contributed by atoms with Gasteiger partial charge in [0.1, 0.15) is 12.1 Å². The maximum atomic E-state index is 5.50. The lowest BCUT2D eigenvalue weighted by Gasteiger charge is -2.23. The summed E-state index contributed by atoms with van der Waals surface area (Å²) in [7, 11) is 2.11. The average Bonchev–Trinajstić information content (AvgIpc) is 2.93. The van der Waals surface area contributed by atoms with Gasteiger partial charge in [-0.05, 0) is 25.7 Å². The van der Waals surface area contributed by atoms with Gasteiger partial charge in [-0.15, -0.1) is 0 Å². The number of hydrogen-bond donors (Lipinski definition) is 0. The fourth-order valence-electron chi connectivity index (χ4n) is 3.31. The van der Waals surface area contributed by atoms with Crippen LogP contribution in [0.5, 0.6) is 0 Å². The van der Waals surface area contributed by atoms with Gasteiger partial charge in [0.05, 0.1) is 12.3 Å². The van der Waals surface area contributed by atoms with Crippen molar-refractivity contribution in [2.75, 3.05) is 51.3 Å². The molecule has 0 saturated carbocycles.